The zero-order valence-electron chi connectivity index (χ0n) is 8.47. The van der Waals surface area contributed by atoms with Gasteiger partial charge in [0, 0.05) is 12.8 Å². The molecule has 1 rings (SSSR count). The van der Waals surface area contributed by atoms with E-state index in [0.29, 0.717) is 25.6 Å². The molecule has 1 aromatic rings. The molecular weight excluding hydrogens is 198 g/mol. The van der Waals surface area contributed by atoms with Crippen molar-refractivity contribution in [2.24, 2.45) is 0 Å². The molecule has 0 amide bonds. The molecule has 0 radical (unpaired) electrons. The van der Waals surface area contributed by atoms with Crippen molar-refractivity contribution in [2.75, 3.05) is 19.8 Å². The number of aromatic carboxylic acids is 1. The van der Waals surface area contributed by atoms with Crippen molar-refractivity contribution in [3.63, 3.8) is 0 Å². The summed E-state index contributed by atoms with van der Waals surface area (Å²) in [6.45, 7) is 3.40. The summed E-state index contributed by atoms with van der Waals surface area (Å²) in [7, 11) is 0. The molecule has 0 bridgehead atoms. The summed E-state index contributed by atoms with van der Waals surface area (Å²) in [5.41, 5.74) is 0.115. The Hall–Kier alpha value is -1.62. The van der Waals surface area contributed by atoms with E-state index in [1.165, 1.54) is 18.5 Å². The van der Waals surface area contributed by atoms with Crippen molar-refractivity contribution in [1.29, 1.82) is 0 Å². The predicted octanol–water partition coefficient (Wildman–Crippen LogP) is 1.20. The van der Waals surface area contributed by atoms with Crippen LogP contribution in [0.25, 0.3) is 0 Å². The van der Waals surface area contributed by atoms with Crippen LogP contribution in [0.3, 0.4) is 0 Å². The van der Waals surface area contributed by atoms with Gasteiger partial charge in [-0.15, -0.1) is 0 Å². The molecule has 1 aromatic heterocycles. The highest BCUT2D eigenvalue weighted by Crippen LogP contribution is 2.10. The number of carbonyl (C=O) groups is 1. The van der Waals surface area contributed by atoms with Crippen LogP contribution in [0, 0.1) is 0 Å². The number of carboxylic acids is 1. The Morgan fingerprint density at radius 2 is 2.27 bits per heavy atom. The largest absolute Gasteiger partial charge is 0.490 e. The molecule has 0 atom stereocenters. The number of hydrogen-bond acceptors (Lipinski definition) is 4. The zero-order valence-corrected chi connectivity index (χ0v) is 8.47. The third-order valence-electron chi connectivity index (χ3n) is 1.66. The second kappa shape index (κ2) is 5.98. The van der Waals surface area contributed by atoms with E-state index in [9.17, 15) is 4.79 Å². The van der Waals surface area contributed by atoms with E-state index < -0.39 is 5.97 Å². The molecule has 0 spiro atoms. The lowest BCUT2D eigenvalue weighted by Crippen LogP contribution is -2.07. The second-order valence-corrected chi connectivity index (χ2v) is 2.76. The molecule has 0 fully saturated rings. The third kappa shape index (κ3) is 3.95. The fourth-order valence-corrected chi connectivity index (χ4v) is 0.978. The van der Waals surface area contributed by atoms with Crippen LogP contribution in [0.5, 0.6) is 5.75 Å². The van der Waals surface area contributed by atoms with Crippen LogP contribution in [-0.2, 0) is 4.74 Å². The Morgan fingerprint density at radius 1 is 1.47 bits per heavy atom. The molecule has 15 heavy (non-hydrogen) atoms. The first kappa shape index (κ1) is 11.5. The number of carboxylic acid groups (broad SMARTS) is 1. The molecule has 1 heterocycles. The van der Waals surface area contributed by atoms with Crippen LogP contribution < -0.4 is 4.74 Å². The minimum atomic E-state index is -1.02. The van der Waals surface area contributed by atoms with Crippen LogP contribution in [0.1, 0.15) is 17.3 Å². The van der Waals surface area contributed by atoms with Gasteiger partial charge in [-0.2, -0.15) is 0 Å². The highest BCUT2D eigenvalue weighted by atomic mass is 16.5. The van der Waals surface area contributed by atoms with Gasteiger partial charge in [-0.25, -0.2) is 4.79 Å². The first-order valence-corrected chi connectivity index (χ1v) is 4.63. The van der Waals surface area contributed by atoms with E-state index >= 15 is 0 Å². The van der Waals surface area contributed by atoms with Crippen LogP contribution in [0.4, 0.5) is 0 Å². The SMILES string of the molecule is CCOCCOc1cncc(C(=O)O)c1. The number of hydrogen-bond donors (Lipinski definition) is 1. The number of aromatic nitrogens is 1. The van der Waals surface area contributed by atoms with Gasteiger partial charge in [0.25, 0.3) is 0 Å². The second-order valence-electron chi connectivity index (χ2n) is 2.76. The quantitative estimate of drug-likeness (QED) is 0.716. The highest BCUT2D eigenvalue weighted by Gasteiger charge is 2.04. The molecule has 0 saturated carbocycles. The van der Waals surface area contributed by atoms with E-state index in [0.717, 1.165) is 0 Å². The minimum Gasteiger partial charge on any atom is -0.490 e. The van der Waals surface area contributed by atoms with E-state index in [1.54, 1.807) is 0 Å². The van der Waals surface area contributed by atoms with Gasteiger partial charge >= 0.3 is 5.97 Å². The predicted molar refractivity (Wildman–Crippen MR) is 53.2 cm³/mol. The van der Waals surface area contributed by atoms with Crippen LogP contribution >= 0.6 is 0 Å². The van der Waals surface area contributed by atoms with Crippen molar-refractivity contribution in [1.82, 2.24) is 4.98 Å². The molecule has 0 saturated heterocycles. The summed E-state index contributed by atoms with van der Waals surface area (Å²) in [4.78, 5) is 14.4. The van der Waals surface area contributed by atoms with E-state index in [-0.39, 0.29) is 5.56 Å². The summed E-state index contributed by atoms with van der Waals surface area (Å²) in [6.07, 6.45) is 2.75. The minimum absolute atomic E-state index is 0.115. The maximum Gasteiger partial charge on any atom is 0.337 e. The van der Waals surface area contributed by atoms with Crippen molar-refractivity contribution in [3.05, 3.63) is 24.0 Å². The average Bonchev–Trinajstić information content (AvgIpc) is 2.25. The summed E-state index contributed by atoms with van der Waals surface area (Å²) in [5, 5.41) is 8.70. The first-order valence-electron chi connectivity index (χ1n) is 4.63. The zero-order chi connectivity index (χ0) is 11.1. The standard InChI is InChI=1S/C10H13NO4/c1-2-14-3-4-15-9-5-8(10(12)13)6-11-7-9/h5-7H,2-4H2,1H3,(H,12,13). The van der Waals surface area contributed by atoms with Crippen LogP contribution in [0.15, 0.2) is 18.5 Å². The van der Waals surface area contributed by atoms with E-state index in [1.807, 2.05) is 6.92 Å². The Morgan fingerprint density at radius 3 is 2.93 bits per heavy atom. The fourth-order valence-electron chi connectivity index (χ4n) is 0.978. The van der Waals surface area contributed by atoms with Crippen LogP contribution in [0.2, 0.25) is 0 Å². The van der Waals surface area contributed by atoms with E-state index in [4.69, 9.17) is 14.6 Å². The topological polar surface area (TPSA) is 68.7 Å². The van der Waals surface area contributed by atoms with Gasteiger partial charge in [-0.05, 0) is 13.0 Å². The molecular formula is C10H13NO4. The van der Waals surface area contributed by atoms with Crippen LogP contribution in [-0.4, -0.2) is 35.9 Å². The molecule has 82 valence electrons. The monoisotopic (exact) mass is 211 g/mol. The molecule has 0 aliphatic carbocycles. The molecule has 0 aromatic carbocycles. The van der Waals surface area contributed by atoms with Gasteiger partial charge < -0.3 is 14.6 Å². The average molecular weight is 211 g/mol. The van der Waals surface area contributed by atoms with Gasteiger partial charge in [0.1, 0.15) is 12.4 Å². The Balaban J connectivity index is 2.47. The Bertz CT molecular complexity index is 327. The third-order valence-corrected chi connectivity index (χ3v) is 1.66. The number of rotatable bonds is 6. The van der Waals surface area contributed by atoms with Crippen molar-refractivity contribution in [2.45, 2.75) is 6.92 Å². The number of pyridine rings is 1. The van der Waals surface area contributed by atoms with Crippen molar-refractivity contribution < 1.29 is 19.4 Å². The summed E-state index contributed by atoms with van der Waals surface area (Å²) in [5.74, 6) is -0.577. The van der Waals surface area contributed by atoms with Gasteiger partial charge in [-0.1, -0.05) is 0 Å². The molecule has 0 unspecified atom stereocenters. The summed E-state index contributed by atoms with van der Waals surface area (Å²) in [6, 6.07) is 1.43. The number of nitrogens with zero attached hydrogens (tertiary/aromatic N) is 1. The highest BCUT2D eigenvalue weighted by molar-refractivity contribution is 5.87. The molecule has 0 aliphatic rings. The van der Waals surface area contributed by atoms with Gasteiger partial charge in [0.05, 0.1) is 18.4 Å². The van der Waals surface area contributed by atoms with Gasteiger partial charge in [0.15, 0.2) is 0 Å². The molecule has 1 N–H and O–H groups in total. The smallest absolute Gasteiger partial charge is 0.337 e. The van der Waals surface area contributed by atoms with E-state index in [2.05, 4.69) is 4.98 Å². The summed E-state index contributed by atoms with van der Waals surface area (Å²) >= 11 is 0. The Kier molecular flexibility index (Phi) is 4.56. The summed E-state index contributed by atoms with van der Waals surface area (Å²) < 4.78 is 10.3. The molecule has 0 aliphatic heterocycles. The lowest BCUT2D eigenvalue weighted by atomic mass is 10.3. The molecule has 5 nitrogen and oxygen atoms in total. The maximum absolute atomic E-state index is 10.6. The normalized spacial score (nSPS) is 9.93. The van der Waals surface area contributed by atoms with Gasteiger partial charge in [0.2, 0.25) is 0 Å². The van der Waals surface area contributed by atoms with Gasteiger partial charge in [-0.3, -0.25) is 4.98 Å². The first-order chi connectivity index (χ1) is 7.24. The van der Waals surface area contributed by atoms with Crippen molar-refractivity contribution >= 4 is 5.97 Å². The van der Waals surface area contributed by atoms with Crippen molar-refractivity contribution in [3.8, 4) is 5.75 Å². The fraction of sp³-hybridized carbons (Fsp3) is 0.400. The lowest BCUT2D eigenvalue weighted by molar-refractivity contribution is 0.0695. The lowest BCUT2D eigenvalue weighted by Gasteiger charge is -2.05. The Labute approximate surface area is 87.7 Å². The molecule has 5 heteroatoms. The number of ether oxygens (including phenoxy) is 2. The maximum atomic E-state index is 10.6.